The zero-order valence-corrected chi connectivity index (χ0v) is 14.8. The zero-order chi connectivity index (χ0) is 19.4. The second-order valence-corrected chi connectivity index (χ2v) is 5.97. The van der Waals surface area contributed by atoms with Crippen LogP contribution in [0.5, 0.6) is 0 Å². The Morgan fingerprint density at radius 3 is 2.59 bits per heavy atom. The minimum Gasteiger partial charge on any atom is -0.455 e. The van der Waals surface area contributed by atoms with Crippen LogP contribution in [0.1, 0.15) is 27.2 Å². The first kappa shape index (κ1) is 18.1. The first-order chi connectivity index (χ1) is 13.0. The van der Waals surface area contributed by atoms with E-state index < -0.39 is 4.92 Å². The van der Waals surface area contributed by atoms with Crippen molar-refractivity contribution >= 4 is 17.8 Å². The van der Waals surface area contributed by atoms with Crippen molar-refractivity contribution in [1.29, 1.82) is 0 Å². The van der Waals surface area contributed by atoms with Crippen LogP contribution in [0.25, 0.3) is 11.3 Å². The third-order valence-corrected chi connectivity index (χ3v) is 4.06. The van der Waals surface area contributed by atoms with Gasteiger partial charge in [-0.1, -0.05) is 18.2 Å². The molecule has 2 aromatic carbocycles. The topological polar surface area (TPSA) is 97.7 Å². The number of furan rings is 1. The van der Waals surface area contributed by atoms with E-state index in [0.29, 0.717) is 17.1 Å². The summed E-state index contributed by atoms with van der Waals surface area (Å²) in [6.07, 6.45) is 1.40. The molecule has 0 spiro atoms. The van der Waals surface area contributed by atoms with Crippen LogP contribution in [0.15, 0.2) is 64.1 Å². The number of hydrogen-bond donors (Lipinski definition) is 1. The van der Waals surface area contributed by atoms with Gasteiger partial charge in [0.25, 0.3) is 11.6 Å². The molecule has 0 atom stereocenters. The number of amides is 1. The fraction of sp³-hybridized carbons (Fsp3) is 0.100. The molecule has 3 rings (SSSR count). The maximum Gasteiger partial charge on any atom is 0.271 e. The molecule has 1 N–H and O–H groups in total. The molecule has 0 bridgehead atoms. The van der Waals surface area contributed by atoms with Crippen LogP contribution in [-0.2, 0) is 0 Å². The Labute approximate surface area is 155 Å². The Morgan fingerprint density at radius 2 is 1.89 bits per heavy atom. The molecular weight excluding hydrogens is 346 g/mol. The fourth-order valence-electron chi connectivity index (χ4n) is 2.65. The summed E-state index contributed by atoms with van der Waals surface area (Å²) >= 11 is 0. The zero-order valence-electron chi connectivity index (χ0n) is 14.8. The lowest BCUT2D eigenvalue weighted by Gasteiger charge is -2.03. The van der Waals surface area contributed by atoms with E-state index >= 15 is 0 Å². The van der Waals surface area contributed by atoms with Gasteiger partial charge < -0.3 is 4.42 Å². The fourth-order valence-corrected chi connectivity index (χ4v) is 2.65. The smallest absolute Gasteiger partial charge is 0.271 e. The Bertz CT molecular complexity index is 1040. The SMILES string of the molecule is Cc1ccccc1C(=O)N/N=C\c1ccc(-c2ccc([N+](=O)[O-])cc2C)o1. The molecule has 1 aromatic heterocycles. The summed E-state index contributed by atoms with van der Waals surface area (Å²) in [7, 11) is 0. The van der Waals surface area contributed by atoms with Gasteiger partial charge in [0.15, 0.2) is 0 Å². The summed E-state index contributed by atoms with van der Waals surface area (Å²) in [5.41, 5.74) is 5.39. The summed E-state index contributed by atoms with van der Waals surface area (Å²) < 4.78 is 5.69. The number of non-ortho nitro benzene ring substituents is 1. The number of benzene rings is 2. The standard InChI is InChI=1S/C20H17N3O4/c1-13-5-3-4-6-18(13)20(24)22-21-12-16-8-10-19(27-16)17-9-7-15(23(25)26)11-14(17)2/h3-12H,1-2H3,(H,22,24)/b21-12-. The van der Waals surface area contributed by atoms with Crippen LogP contribution in [-0.4, -0.2) is 17.0 Å². The van der Waals surface area contributed by atoms with Gasteiger partial charge in [-0.15, -0.1) is 0 Å². The van der Waals surface area contributed by atoms with Crippen LogP contribution >= 0.6 is 0 Å². The highest BCUT2D eigenvalue weighted by Crippen LogP contribution is 2.28. The molecule has 136 valence electrons. The lowest BCUT2D eigenvalue weighted by atomic mass is 10.1. The lowest BCUT2D eigenvalue weighted by Crippen LogP contribution is -2.18. The minimum absolute atomic E-state index is 0.0310. The lowest BCUT2D eigenvalue weighted by molar-refractivity contribution is -0.384. The van der Waals surface area contributed by atoms with Gasteiger partial charge in [-0.3, -0.25) is 14.9 Å². The number of nitro benzene ring substituents is 1. The molecule has 1 amide bonds. The van der Waals surface area contributed by atoms with Gasteiger partial charge in [0.2, 0.25) is 0 Å². The van der Waals surface area contributed by atoms with E-state index in [0.717, 1.165) is 16.7 Å². The Kier molecular flexibility index (Phi) is 5.12. The second-order valence-electron chi connectivity index (χ2n) is 5.97. The minimum atomic E-state index is -0.436. The van der Waals surface area contributed by atoms with Gasteiger partial charge in [-0.2, -0.15) is 5.10 Å². The van der Waals surface area contributed by atoms with E-state index in [4.69, 9.17) is 4.42 Å². The number of nitrogens with zero attached hydrogens (tertiary/aromatic N) is 2. The van der Waals surface area contributed by atoms with Gasteiger partial charge in [0.05, 0.1) is 11.1 Å². The molecule has 0 aliphatic rings. The average molecular weight is 363 g/mol. The van der Waals surface area contributed by atoms with E-state index in [1.54, 1.807) is 37.3 Å². The third kappa shape index (κ3) is 4.09. The predicted molar refractivity (Wildman–Crippen MR) is 102 cm³/mol. The van der Waals surface area contributed by atoms with Crippen LogP contribution in [0.3, 0.4) is 0 Å². The Balaban J connectivity index is 1.71. The molecule has 0 saturated heterocycles. The third-order valence-electron chi connectivity index (χ3n) is 4.06. The molecule has 0 fully saturated rings. The first-order valence-electron chi connectivity index (χ1n) is 8.20. The number of carbonyl (C=O) groups excluding carboxylic acids is 1. The highest BCUT2D eigenvalue weighted by atomic mass is 16.6. The normalized spacial score (nSPS) is 10.9. The molecule has 1 heterocycles. The number of nitro groups is 1. The molecule has 0 aliphatic heterocycles. The molecule has 0 radical (unpaired) electrons. The van der Waals surface area contributed by atoms with Gasteiger partial charge in [0, 0.05) is 23.3 Å². The van der Waals surface area contributed by atoms with E-state index in [-0.39, 0.29) is 11.6 Å². The van der Waals surface area contributed by atoms with E-state index in [1.807, 2.05) is 19.1 Å². The monoisotopic (exact) mass is 363 g/mol. The summed E-state index contributed by atoms with van der Waals surface area (Å²) in [5, 5.41) is 14.8. The first-order valence-corrected chi connectivity index (χ1v) is 8.20. The number of hydrazone groups is 1. The summed E-state index contributed by atoms with van der Waals surface area (Å²) in [4.78, 5) is 22.5. The van der Waals surface area contributed by atoms with Crippen LogP contribution < -0.4 is 5.43 Å². The maximum absolute atomic E-state index is 12.1. The van der Waals surface area contributed by atoms with Gasteiger partial charge in [0.1, 0.15) is 11.5 Å². The molecule has 7 heteroatoms. The van der Waals surface area contributed by atoms with Crippen molar-refractivity contribution in [3.8, 4) is 11.3 Å². The largest absolute Gasteiger partial charge is 0.455 e. The Morgan fingerprint density at radius 1 is 1.11 bits per heavy atom. The van der Waals surface area contributed by atoms with Crippen molar-refractivity contribution in [2.45, 2.75) is 13.8 Å². The number of aryl methyl sites for hydroxylation is 2. The summed E-state index contributed by atoms with van der Waals surface area (Å²) in [5.74, 6) is 0.712. The molecule has 7 nitrogen and oxygen atoms in total. The summed E-state index contributed by atoms with van der Waals surface area (Å²) in [6, 6.07) is 15.3. The number of rotatable bonds is 5. The van der Waals surface area contributed by atoms with E-state index in [2.05, 4.69) is 10.5 Å². The maximum atomic E-state index is 12.1. The van der Waals surface area contributed by atoms with Crippen molar-refractivity contribution in [3.63, 3.8) is 0 Å². The van der Waals surface area contributed by atoms with Crippen molar-refractivity contribution in [1.82, 2.24) is 5.43 Å². The Hall–Kier alpha value is -3.74. The predicted octanol–water partition coefficient (Wildman–Crippen LogP) is 4.24. The molecule has 27 heavy (non-hydrogen) atoms. The highest BCUT2D eigenvalue weighted by Gasteiger charge is 2.12. The van der Waals surface area contributed by atoms with Gasteiger partial charge in [-0.05, 0) is 49.2 Å². The molecule has 0 aliphatic carbocycles. The number of nitrogens with one attached hydrogen (secondary N) is 1. The number of carbonyl (C=O) groups is 1. The second kappa shape index (κ2) is 7.65. The molecule has 0 saturated carbocycles. The van der Waals surface area contributed by atoms with Crippen molar-refractivity contribution in [2.24, 2.45) is 5.10 Å². The van der Waals surface area contributed by atoms with E-state index in [1.165, 1.54) is 18.3 Å². The van der Waals surface area contributed by atoms with Crippen LogP contribution in [0.2, 0.25) is 0 Å². The molecular formula is C20H17N3O4. The van der Waals surface area contributed by atoms with Crippen molar-refractivity contribution in [2.75, 3.05) is 0 Å². The van der Waals surface area contributed by atoms with E-state index in [9.17, 15) is 14.9 Å². The number of hydrogen-bond acceptors (Lipinski definition) is 5. The van der Waals surface area contributed by atoms with Gasteiger partial charge in [-0.25, -0.2) is 5.43 Å². The van der Waals surface area contributed by atoms with Crippen molar-refractivity contribution in [3.05, 3.63) is 87.2 Å². The highest BCUT2D eigenvalue weighted by molar-refractivity contribution is 5.96. The summed E-state index contributed by atoms with van der Waals surface area (Å²) in [6.45, 7) is 3.63. The molecule has 3 aromatic rings. The average Bonchev–Trinajstić information content (AvgIpc) is 3.10. The van der Waals surface area contributed by atoms with Gasteiger partial charge >= 0.3 is 0 Å². The van der Waals surface area contributed by atoms with Crippen LogP contribution in [0.4, 0.5) is 5.69 Å². The van der Waals surface area contributed by atoms with Crippen LogP contribution in [0, 0.1) is 24.0 Å². The van der Waals surface area contributed by atoms with Crippen molar-refractivity contribution < 1.29 is 14.1 Å². The quantitative estimate of drug-likeness (QED) is 0.416. The molecule has 0 unspecified atom stereocenters.